The molecule has 1 aromatic heterocycles. The molecule has 0 bridgehead atoms. The molecule has 3 aromatic rings. The lowest BCUT2D eigenvalue weighted by molar-refractivity contribution is -0.121. The molecule has 0 saturated heterocycles. The molecule has 0 fully saturated rings. The monoisotopic (exact) mass is 353 g/mol. The SMILES string of the molecule is Cc1nnc(C(CC(=O)NCCc2ccccc2F)c2ccccc2)o1. The Balaban J connectivity index is 1.63. The summed E-state index contributed by atoms with van der Waals surface area (Å²) in [4.78, 5) is 12.4. The molecule has 2 aromatic carbocycles. The van der Waals surface area contributed by atoms with Gasteiger partial charge in [-0.25, -0.2) is 4.39 Å². The minimum absolute atomic E-state index is 0.147. The molecule has 0 radical (unpaired) electrons. The number of carbonyl (C=O) groups excluding carboxylic acids is 1. The summed E-state index contributed by atoms with van der Waals surface area (Å²) in [5.41, 5.74) is 1.51. The highest BCUT2D eigenvalue weighted by atomic mass is 19.1. The molecule has 1 N–H and O–H groups in total. The van der Waals surface area contributed by atoms with E-state index in [-0.39, 0.29) is 24.1 Å². The Labute approximate surface area is 151 Å². The van der Waals surface area contributed by atoms with Gasteiger partial charge in [0.05, 0.1) is 5.92 Å². The molecule has 26 heavy (non-hydrogen) atoms. The van der Waals surface area contributed by atoms with Crippen molar-refractivity contribution in [2.24, 2.45) is 0 Å². The predicted molar refractivity (Wildman–Crippen MR) is 95.1 cm³/mol. The number of amides is 1. The molecule has 0 aliphatic rings. The third-order valence-corrected chi connectivity index (χ3v) is 4.11. The standard InChI is InChI=1S/C20H20FN3O2/c1-14-23-24-20(26-14)17(15-7-3-2-4-8-15)13-19(25)22-12-11-16-9-5-6-10-18(16)21/h2-10,17H,11-13H2,1H3,(H,22,25). The Morgan fingerprint density at radius 3 is 2.54 bits per heavy atom. The van der Waals surface area contributed by atoms with Crippen molar-refractivity contribution in [1.29, 1.82) is 0 Å². The maximum absolute atomic E-state index is 13.6. The van der Waals surface area contributed by atoms with E-state index in [1.54, 1.807) is 25.1 Å². The Kier molecular flexibility index (Phi) is 5.73. The first kappa shape index (κ1) is 17.8. The van der Waals surface area contributed by atoms with Crippen LogP contribution in [0.2, 0.25) is 0 Å². The van der Waals surface area contributed by atoms with Crippen molar-refractivity contribution in [1.82, 2.24) is 15.5 Å². The Bertz CT molecular complexity index is 864. The molecular weight excluding hydrogens is 333 g/mol. The van der Waals surface area contributed by atoms with Crippen LogP contribution < -0.4 is 5.32 Å². The van der Waals surface area contributed by atoms with Crippen LogP contribution in [0.3, 0.4) is 0 Å². The van der Waals surface area contributed by atoms with Gasteiger partial charge in [0.2, 0.25) is 17.7 Å². The van der Waals surface area contributed by atoms with Gasteiger partial charge in [-0.15, -0.1) is 10.2 Å². The first-order valence-corrected chi connectivity index (χ1v) is 8.48. The zero-order valence-corrected chi connectivity index (χ0v) is 14.5. The number of halogens is 1. The average molecular weight is 353 g/mol. The molecule has 1 amide bonds. The van der Waals surface area contributed by atoms with Crippen LogP contribution in [-0.2, 0) is 11.2 Å². The van der Waals surface area contributed by atoms with Crippen LogP contribution in [0.25, 0.3) is 0 Å². The van der Waals surface area contributed by atoms with Crippen LogP contribution in [0.5, 0.6) is 0 Å². The van der Waals surface area contributed by atoms with Crippen LogP contribution in [-0.4, -0.2) is 22.6 Å². The molecular formula is C20H20FN3O2. The number of aromatic nitrogens is 2. The summed E-state index contributed by atoms with van der Waals surface area (Å²) in [6, 6.07) is 16.1. The summed E-state index contributed by atoms with van der Waals surface area (Å²) < 4.78 is 19.2. The van der Waals surface area contributed by atoms with Crippen LogP contribution in [0.4, 0.5) is 4.39 Å². The van der Waals surface area contributed by atoms with E-state index in [4.69, 9.17) is 4.42 Å². The van der Waals surface area contributed by atoms with Crippen LogP contribution in [0, 0.1) is 12.7 Å². The molecule has 1 unspecified atom stereocenters. The maximum Gasteiger partial charge on any atom is 0.224 e. The lowest BCUT2D eigenvalue weighted by Crippen LogP contribution is -2.27. The quantitative estimate of drug-likeness (QED) is 0.707. The van der Waals surface area contributed by atoms with E-state index in [2.05, 4.69) is 15.5 Å². The number of carbonyl (C=O) groups is 1. The zero-order valence-electron chi connectivity index (χ0n) is 14.5. The van der Waals surface area contributed by atoms with Gasteiger partial charge in [0.25, 0.3) is 0 Å². The van der Waals surface area contributed by atoms with E-state index in [0.717, 1.165) is 5.56 Å². The first-order valence-electron chi connectivity index (χ1n) is 8.48. The topological polar surface area (TPSA) is 68.0 Å². The van der Waals surface area contributed by atoms with Crippen molar-refractivity contribution in [2.75, 3.05) is 6.54 Å². The van der Waals surface area contributed by atoms with Gasteiger partial charge >= 0.3 is 0 Å². The number of rotatable bonds is 7. The second kappa shape index (κ2) is 8.38. The molecule has 0 aliphatic carbocycles. The summed E-state index contributed by atoms with van der Waals surface area (Å²) in [6.45, 7) is 2.08. The lowest BCUT2D eigenvalue weighted by Gasteiger charge is -2.13. The number of nitrogens with one attached hydrogen (secondary N) is 1. The van der Waals surface area contributed by atoms with Crippen molar-refractivity contribution in [3.63, 3.8) is 0 Å². The molecule has 1 heterocycles. The van der Waals surface area contributed by atoms with E-state index < -0.39 is 0 Å². The molecule has 0 saturated carbocycles. The van der Waals surface area contributed by atoms with Crippen LogP contribution in [0.15, 0.2) is 59.0 Å². The highest BCUT2D eigenvalue weighted by Gasteiger charge is 2.23. The second-order valence-electron chi connectivity index (χ2n) is 6.02. The number of aryl methyl sites for hydroxylation is 1. The highest BCUT2D eigenvalue weighted by molar-refractivity contribution is 5.77. The summed E-state index contributed by atoms with van der Waals surface area (Å²) in [6.07, 6.45) is 0.622. The smallest absolute Gasteiger partial charge is 0.224 e. The van der Waals surface area contributed by atoms with E-state index in [0.29, 0.717) is 30.3 Å². The third-order valence-electron chi connectivity index (χ3n) is 4.11. The van der Waals surface area contributed by atoms with Crippen molar-refractivity contribution in [2.45, 2.75) is 25.7 Å². The molecule has 134 valence electrons. The fourth-order valence-electron chi connectivity index (χ4n) is 2.78. The number of hydrogen-bond donors (Lipinski definition) is 1. The van der Waals surface area contributed by atoms with Gasteiger partial charge in [-0.2, -0.15) is 0 Å². The van der Waals surface area contributed by atoms with Gasteiger partial charge in [0.1, 0.15) is 5.82 Å². The van der Waals surface area contributed by atoms with Crippen molar-refractivity contribution in [3.8, 4) is 0 Å². The Morgan fingerprint density at radius 2 is 1.85 bits per heavy atom. The minimum Gasteiger partial charge on any atom is -0.425 e. The molecule has 0 spiro atoms. The van der Waals surface area contributed by atoms with E-state index in [1.807, 2.05) is 30.3 Å². The van der Waals surface area contributed by atoms with Crippen LogP contribution >= 0.6 is 0 Å². The number of hydrogen-bond acceptors (Lipinski definition) is 4. The van der Waals surface area contributed by atoms with Crippen LogP contribution in [0.1, 0.15) is 35.2 Å². The summed E-state index contributed by atoms with van der Waals surface area (Å²) in [5, 5.41) is 10.8. The first-order chi connectivity index (χ1) is 12.6. The van der Waals surface area contributed by atoms with Crippen molar-refractivity contribution >= 4 is 5.91 Å². The lowest BCUT2D eigenvalue weighted by atomic mass is 9.95. The summed E-state index contributed by atoms with van der Waals surface area (Å²) in [5.74, 6) is 0.154. The largest absolute Gasteiger partial charge is 0.425 e. The van der Waals surface area contributed by atoms with E-state index in [1.165, 1.54) is 6.07 Å². The number of nitrogens with zero attached hydrogens (tertiary/aromatic N) is 2. The highest BCUT2D eigenvalue weighted by Crippen LogP contribution is 2.26. The molecule has 3 rings (SSSR count). The average Bonchev–Trinajstić information content (AvgIpc) is 3.08. The molecule has 6 heteroatoms. The molecule has 1 atom stereocenters. The minimum atomic E-state index is -0.314. The third kappa shape index (κ3) is 4.53. The number of benzene rings is 2. The van der Waals surface area contributed by atoms with E-state index >= 15 is 0 Å². The Hall–Kier alpha value is -3.02. The normalized spacial score (nSPS) is 11.9. The van der Waals surface area contributed by atoms with Gasteiger partial charge < -0.3 is 9.73 Å². The van der Waals surface area contributed by atoms with Crippen molar-refractivity contribution < 1.29 is 13.6 Å². The van der Waals surface area contributed by atoms with Gasteiger partial charge in [0.15, 0.2) is 0 Å². The summed E-state index contributed by atoms with van der Waals surface area (Å²) >= 11 is 0. The van der Waals surface area contributed by atoms with Gasteiger partial charge in [-0.1, -0.05) is 48.5 Å². The predicted octanol–water partition coefficient (Wildman–Crippen LogP) is 3.40. The Morgan fingerprint density at radius 1 is 1.12 bits per heavy atom. The van der Waals surface area contributed by atoms with Gasteiger partial charge in [-0.05, 0) is 23.6 Å². The second-order valence-corrected chi connectivity index (χ2v) is 6.02. The van der Waals surface area contributed by atoms with Crippen molar-refractivity contribution in [3.05, 3.63) is 83.3 Å². The maximum atomic E-state index is 13.6. The fourth-order valence-corrected chi connectivity index (χ4v) is 2.78. The van der Waals surface area contributed by atoms with E-state index in [9.17, 15) is 9.18 Å². The van der Waals surface area contributed by atoms with Gasteiger partial charge in [-0.3, -0.25) is 4.79 Å². The fraction of sp³-hybridized carbons (Fsp3) is 0.250. The summed E-state index contributed by atoms with van der Waals surface area (Å²) in [7, 11) is 0. The van der Waals surface area contributed by atoms with Gasteiger partial charge in [0, 0.05) is 19.9 Å². The molecule has 0 aliphatic heterocycles. The molecule has 5 nitrogen and oxygen atoms in total. The zero-order chi connectivity index (χ0) is 18.4.